The second-order valence-corrected chi connectivity index (χ2v) is 4.73. The van der Waals surface area contributed by atoms with E-state index in [1.807, 2.05) is 0 Å². The molecule has 0 bridgehead atoms. The van der Waals surface area contributed by atoms with Crippen molar-refractivity contribution in [1.29, 1.82) is 0 Å². The number of carbonyl (C=O) groups is 1. The van der Waals surface area contributed by atoms with E-state index in [-0.39, 0.29) is 5.91 Å². The zero-order valence-electron chi connectivity index (χ0n) is 10.7. The number of hydrogen-bond donors (Lipinski definition) is 2. The van der Waals surface area contributed by atoms with Gasteiger partial charge in [0.2, 0.25) is 5.91 Å². The summed E-state index contributed by atoms with van der Waals surface area (Å²) in [5, 5.41) is 2.88. The highest BCUT2D eigenvalue weighted by atomic mass is 16.5. The fourth-order valence-electron chi connectivity index (χ4n) is 2.13. The van der Waals surface area contributed by atoms with Crippen molar-refractivity contribution in [1.82, 2.24) is 5.32 Å². The van der Waals surface area contributed by atoms with E-state index in [0.717, 1.165) is 26.0 Å². The minimum absolute atomic E-state index is 0.105. The molecule has 1 amide bonds. The largest absolute Gasteiger partial charge is 0.378 e. The lowest BCUT2D eigenvalue weighted by molar-refractivity contribution is -0.121. The van der Waals surface area contributed by atoms with E-state index in [4.69, 9.17) is 10.5 Å². The summed E-state index contributed by atoms with van der Waals surface area (Å²) in [6, 6.07) is 0. The Morgan fingerprint density at radius 1 is 1.24 bits per heavy atom. The molecule has 0 saturated heterocycles. The van der Waals surface area contributed by atoms with Crippen LogP contribution in [0.4, 0.5) is 0 Å². The summed E-state index contributed by atoms with van der Waals surface area (Å²) in [6.07, 6.45) is 9.08. The lowest BCUT2D eigenvalue weighted by Gasteiger charge is -2.21. The van der Waals surface area contributed by atoms with Crippen molar-refractivity contribution in [2.75, 3.05) is 19.7 Å². The molecular weight excluding hydrogens is 216 g/mol. The van der Waals surface area contributed by atoms with Gasteiger partial charge in [0.1, 0.15) is 0 Å². The van der Waals surface area contributed by atoms with Gasteiger partial charge in [0.15, 0.2) is 0 Å². The van der Waals surface area contributed by atoms with E-state index in [1.54, 1.807) is 0 Å². The van der Waals surface area contributed by atoms with E-state index in [2.05, 4.69) is 5.32 Å². The maximum atomic E-state index is 11.3. The predicted molar refractivity (Wildman–Crippen MR) is 68.7 cm³/mol. The highest BCUT2D eigenvalue weighted by molar-refractivity contribution is 5.75. The molecule has 0 unspecified atom stereocenters. The van der Waals surface area contributed by atoms with Gasteiger partial charge in [-0.05, 0) is 32.2 Å². The monoisotopic (exact) mass is 242 g/mol. The van der Waals surface area contributed by atoms with Crippen LogP contribution in [0.25, 0.3) is 0 Å². The Kier molecular flexibility index (Phi) is 8.01. The van der Waals surface area contributed by atoms with Crippen LogP contribution in [0, 0.1) is 0 Å². The van der Waals surface area contributed by atoms with Gasteiger partial charge in [-0.2, -0.15) is 0 Å². The molecule has 1 aliphatic carbocycles. The Bertz CT molecular complexity index is 204. The fourth-order valence-corrected chi connectivity index (χ4v) is 2.13. The van der Waals surface area contributed by atoms with E-state index in [1.165, 1.54) is 32.1 Å². The molecule has 0 heterocycles. The Morgan fingerprint density at radius 3 is 2.71 bits per heavy atom. The van der Waals surface area contributed by atoms with Gasteiger partial charge in [0.05, 0.1) is 6.10 Å². The molecule has 0 atom stereocenters. The maximum absolute atomic E-state index is 11.3. The fraction of sp³-hybridized carbons (Fsp3) is 0.923. The Labute approximate surface area is 104 Å². The highest BCUT2D eigenvalue weighted by Gasteiger charge is 2.12. The minimum atomic E-state index is 0.105. The van der Waals surface area contributed by atoms with Crippen LogP contribution in [-0.4, -0.2) is 31.7 Å². The summed E-state index contributed by atoms with van der Waals surface area (Å²) in [5.74, 6) is 0.105. The third kappa shape index (κ3) is 7.34. The number of amides is 1. The van der Waals surface area contributed by atoms with Crippen LogP contribution in [0.1, 0.15) is 51.4 Å². The van der Waals surface area contributed by atoms with Gasteiger partial charge in [-0.25, -0.2) is 0 Å². The van der Waals surface area contributed by atoms with Gasteiger partial charge in [-0.1, -0.05) is 19.3 Å². The van der Waals surface area contributed by atoms with Crippen molar-refractivity contribution in [3.05, 3.63) is 0 Å². The summed E-state index contributed by atoms with van der Waals surface area (Å²) in [4.78, 5) is 11.3. The van der Waals surface area contributed by atoms with Crippen molar-refractivity contribution in [2.45, 2.75) is 57.5 Å². The predicted octanol–water partition coefficient (Wildman–Crippen LogP) is 1.58. The summed E-state index contributed by atoms with van der Waals surface area (Å²) in [5.41, 5.74) is 5.34. The molecule has 0 spiro atoms. The van der Waals surface area contributed by atoms with Crippen molar-refractivity contribution in [3.8, 4) is 0 Å². The molecule has 4 heteroatoms. The molecule has 0 radical (unpaired) electrons. The summed E-state index contributed by atoms with van der Waals surface area (Å²) in [6.45, 7) is 2.07. The lowest BCUT2D eigenvalue weighted by atomic mass is 9.98. The molecule has 0 aromatic carbocycles. The average Bonchev–Trinajstić information content (AvgIpc) is 2.37. The highest BCUT2D eigenvalue weighted by Crippen LogP contribution is 2.20. The minimum Gasteiger partial charge on any atom is -0.378 e. The van der Waals surface area contributed by atoms with Crippen LogP contribution in [0.2, 0.25) is 0 Å². The van der Waals surface area contributed by atoms with E-state index >= 15 is 0 Å². The second-order valence-electron chi connectivity index (χ2n) is 4.73. The molecule has 0 aliphatic heterocycles. The molecule has 1 saturated carbocycles. The van der Waals surface area contributed by atoms with Crippen LogP contribution in [-0.2, 0) is 9.53 Å². The molecule has 1 rings (SSSR count). The van der Waals surface area contributed by atoms with Crippen molar-refractivity contribution < 1.29 is 9.53 Å². The van der Waals surface area contributed by atoms with Crippen LogP contribution in [0.5, 0.6) is 0 Å². The molecule has 0 aromatic rings. The Balaban J connectivity index is 1.88. The molecule has 17 heavy (non-hydrogen) atoms. The molecule has 4 nitrogen and oxygen atoms in total. The average molecular weight is 242 g/mol. The maximum Gasteiger partial charge on any atom is 0.220 e. The van der Waals surface area contributed by atoms with Crippen LogP contribution < -0.4 is 11.1 Å². The number of rotatable bonds is 8. The first-order valence-corrected chi connectivity index (χ1v) is 6.91. The summed E-state index contributed by atoms with van der Waals surface area (Å²) in [7, 11) is 0. The molecule has 1 fully saturated rings. The quantitative estimate of drug-likeness (QED) is 0.635. The molecule has 0 aromatic heterocycles. The molecule has 3 N–H and O–H groups in total. The SMILES string of the molecule is NCCCC(=O)NCCCOC1CCCCC1. The van der Waals surface area contributed by atoms with E-state index in [0.29, 0.717) is 19.1 Å². The first-order valence-electron chi connectivity index (χ1n) is 6.91. The molecule has 100 valence electrons. The molecular formula is C13H26N2O2. The number of ether oxygens (including phenoxy) is 1. The third-order valence-electron chi connectivity index (χ3n) is 3.16. The van der Waals surface area contributed by atoms with Crippen molar-refractivity contribution in [2.24, 2.45) is 5.73 Å². The number of nitrogens with one attached hydrogen (secondary N) is 1. The lowest BCUT2D eigenvalue weighted by Crippen LogP contribution is -2.26. The zero-order valence-corrected chi connectivity index (χ0v) is 10.7. The van der Waals surface area contributed by atoms with Gasteiger partial charge in [0.25, 0.3) is 0 Å². The first-order chi connectivity index (χ1) is 8.33. The van der Waals surface area contributed by atoms with E-state index < -0.39 is 0 Å². The number of hydrogen-bond acceptors (Lipinski definition) is 3. The van der Waals surface area contributed by atoms with Gasteiger partial charge in [-0.15, -0.1) is 0 Å². The van der Waals surface area contributed by atoms with Gasteiger partial charge in [-0.3, -0.25) is 4.79 Å². The van der Waals surface area contributed by atoms with Gasteiger partial charge >= 0.3 is 0 Å². The normalized spacial score (nSPS) is 17.0. The Hall–Kier alpha value is -0.610. The summed E-state index contributed by atoms with van der Waals surface area (Å²) >= 11 is 0. The van der Waals surface area contributed by atoms with Crippen LogP contribution in [0.15, 0.2) is 0 Å². The van der Waals surface area contributed by atoms with Gasteiger partial charge < -0.3 is 15.8 Å². The van der Waals surface area contributed by atoms with E-state index in [9.17, 15) is 4.79 Å². The van der Waals surface area contributed by atoms with Crippen LogP contribution >= 0.6 is 0 Å². The zero-order chi connectivity index (χ0) is 12.3. The third-order valence-corrected chi connectivity index (χ3v) is 3.16. The van der Waals surface area contributed by atoms with Gasteiger partial charge in [0, 0.05) is 19.6 Å². The molecule has 1 aliphatic rings. The number of carbonyl (C=O) groups excluding carboxylic acids is 1. The van der Waals surface area contributed by atoms with Crippen LogP contribution in [0.3, 0.4) is 0 Å². The first kappa shape index (κ1) is 14.5. The smallest absolute Gasteiger partial charge is 0.220 e. The number of nitrogens with two attached hydrogens (primary N) is 1. The standard InChI is InChI=1S/C13H26N2O2/c14-9-4-8-13(16)15-10-5-11-17-12-6-2-1-3-7-12/h12H,1-11,14H2,(H,15,16). The summed E-state index contributed by atoms with van der Waals surface area (Å²) < 4.78 is 5.77. The Morgan fingerprint density at radius 2 is 2.00 bits per heavy atom. The second kappa shape index (κ2) is 9.42. The van der Waals surface area contributed by atoms with Crippen molar-refractivity contribution in [3.63, 3.8) is 0 Å². The van der Waals surface area contributed by atoms with Crippen molar-refractivity contribution >= 4 is 5.91 Å². The topological polar surface area (TPSA) is 64.4 Å².